The minimum absolute atomic E-state index is 0.0239. The smallest absolute Gasteiger partial charge is 0.251 e. The lowest BCUT2D eigenvalue weighted by Crippen LogP contribution is -2.47. The van der Waals surface area contributed by atoms with Crippen molar-refractivity contribution in [1.29, 1.82) is 0 Å². The summed E-state index contributed by atoms with van der Waals surface area (Å²) < 4.78 is 27.7. The van der Waals surface area contributed by atoms with Crippen LogP contribution >= 0.6 is 0 Å². The number of piperidine rings is 1. The Balaban J connectivity index is 1.41. The molecule has 1 fully saturated rings. The highest BCUT2D eigenvalue weighted by atomic mass is 32.2. The molecular formula is C25H33N3O4S. The van der Waals surface area contributed by atoms with Gasteiger partial charge in [-0.15, -0.1) is 0 Å². The number of hydrogen-bond donors (Lipinski definition) is 2. The van der Waals surface area contributed by atoms with Crippen molar-refractivity contribution in [3.63, 3.8) is 0 Å². The van der Waals surface area contributed by atoms with Gasteiger partial charge in [0.2, 0.25) is 15.9 Å². The Morgan fingerprint density at radius 1 is 0.970 bits per heavy atom. The van der Waals surface area contributed by atoms with Crippen LogP contribution in [0.3, 0.4) is 0 Å². The van der Waals surface area contributed by atoms with Crippen LogP contribution in [0.5, 0.6) is 0 Å². The first-order valence-corrected chi connectivity index (χ1v) is 12.8. The SMILES string of the molecule is CC(C)(C)c1ccc(C(=O)NCCC(=O)N2CCC(NS(=O)(=O)c3ccccc3)CC2)cc1. The largest absolute Gasteiger partial charge is 0.352 e. The van der Waals surface area contributed by atoms with Crippen LogP contribution in [0.4, 0.5) is 0 Å². The highest BCUT2D eigenvalue weighted by molar-refractivity contribution is 7.89. The van der Waals surface area contributed by atoms with Crippen molar-refractivity contribution in [2.24, 2.45) is 0 Å². The number of nitrogens with one attached hydrogen (secondary N) is 2. The van der Waals surface area contributed by atoms with Crippen LogP contribution in [0.15, 0.2) is 59.5 Å². The summed E-state index contributed by atoms with van der Waals surface area (Å²) in [5.74, 6) is -0.236. The van der Waals surface area contributed by atoms with E-state index in [-0.39, 0.29) is 41.1 Å². The van der Waals surface area contributed by atoms with E-state index in [1.807, 2.05) is 12.1 Å². The average Bonchev–Trinajstić information content (AvgIpc) is 2.79. The maximum atomic E-state index is 12.5. The third-order valence-electron chi connectivity index (χ3n) is 5.86. The number of hydrogen-bond acceptors (Lipinski definition) is 4. The van der Waals surface area contributed by atoms with Crippen LogP contribution in [0.2, 0.25) is 0 Å². The lowest BCUT2D eigenvalue weighted by Gasteiger charge is -2.32. The molecule has 0 unspecified atom stereocenters. The van der Waals surface area contributed by atoms with E-state index in [9.17, 15) is 18.0 Å². The minimum Gasteiger partial charge on any atom is -0.352 e. The Labute approximate surface area is 196 Å². The first-order valence-electron chi connectivity index (χ1n) is 11.3. The third-order valence-corrected chi connectivity index (χ3v) is 7.40. The summed E-state index contributed by atoms with van der Waals surface area (Å²) >= 11 is 0. The van der Waals surface area contributed by atoms with Crippen molar-refractivity contribution in [3.8, 4) is 0 Å². The maximum absolute atomic E-state index is 12.5. The van der Waals surface area contributed by atoms with E-state index in [0.29, 0.717) is 31.5 Å². The second-order valence-corrected chi connectivity index (χ2v) is 11.1. The molecule has 2 aromatic rings. The Bertz CT molecular complexity index is 1050. The van der Waals surface area contributed by atoms with Gasteiger partial charge in [0.05, 0.1) is 4.90 Å². The van der Waals surface area contributed by atoms with Gasteiger partial charge in [-0.1, -0.05) is 51.1 Å². The van der Waals surface area contributed by atoms with Gasteiger partial charge in [0.25, 0.3) is 5.91 Å². The van der Waals surface area contributed by atoms with Gasteiger partial charge in [-0.3, -0.25) is 9.59 Å². The molecule has 1 aliphatic heterocycles. The second-order valence-electron chi connectivity index (χ2n) is 9.42. The monoisotopic (exact) mass is 471 g/mol. The van der Waals surface area contributed by atoms with Gasteiger partial charge >= 0.3 is 0 Å². The summed E-state index contributed by atoms with van der Waals surface area (Å²) in [7, 11) is -3.56. The van der Waals surface area contributed by atoms with Crippen LogP contribution in [-0.2, 0) is 20.2 Å². The molecule has 0 aromatic heterocycles. The predicted octanol–water partition coefficient (Wildman–Crippen LogP) is 3.07. The van der Waals surface area contributed by atoms with Crippen LogP contribution < -0.4 is 10.0 Å². The van der Waals surface area contributed by atoms with Gasteiger partial charge in [0, 0.05) is 37.7 Å². The zero-order chi connectivity index (χ0) is 24.1. The summed E-state index contributed by atoms with van der Waals surface area (Å²) in [4.78, 5) is 26.9. The Morgan fingerprint density at radius 2 is 1.58 bits per heavy atom. The molecule has 178 valence electrons. The third kappa shape index (κ3) is 6.88. The number of amides is 2. The predicted molar refractivity (Wildman–Crippen MR) is 128 cm³/mol. The number of rotatable bonds is 7. The van der Waals surface area contributed by atoms with E-state index in [1.54, 1.807) is 47.4 Å². The van der Waals surface area contributed by atoms with Gasteiger partial charge in [-0.05, 0) is 48.1 Å². The molecule has 7 nitrogen and oxygen atoms in total. The number of nitrogens with zero attached hydrogens (tertiary/aromatic N) is 1. The molecule has 0 bridgehead atoms. The zero-order valence-corrected chi connectivity index (χ0v) is 20.3. The highest BCUT2D eigenvalue weighted by Crippen LogP contribution is 2.22. The number of sulfonamides is 1. The summed E-state index contributed by atoms with van der Waals surface area (Å²) in [5, 5.41) is 2.81. The molecule has 2 N–H and O–H groups in total. The minimum atomic E-state index is -3.56. The number of carbonyl (C=O) groups excluding carboxylic acids is 2. The molecule has 0 saturated carbocycles. The van der Waals surface area contributed by atoms with Crippen LogP contribution in [-0.4, -0.2) is 50.8 Å². The fourth-order valence-electron chi connectivity index (χ4n) is 3.80. The summed E-state index contributed by atoms with van der Waals surface area (Å²) in [5.41, 5.74) is 1.75. The molecule has 1 aliphatic rings. The van der Waals surface area contributed by atoms with Crippen LogP contribution in [0.25, 0.3) is 0 Å². The molecule has 0 atom stereocenters. The molecule has 0 aliphatic carbocycles. The van der Waals surface area contributed by atoms with E-state index >= 15 is 0 Å². The molecule has 3 rings (SSSR count). The molecular weight excluding hydrogens is 438 g/mol. The number of likely N-dealkylation sites (tertiary alicyclic amines) is 1. The van der Waals surface area contributed by atoms with E-state index in [2.05, 4.69) is 30.8 Å². The molecule has 2 aromatic carbocycles. The van der Waals surface area contributed by atoms with Crippen molar-refractivity contribution >= 4 is 21.8 Å². The first kappa shape index (κ1) is 24.9. The maximum Gasteiger partial charge on any atom is 0.251 e. The molecule has 0 spiro atoms. The van der Waals surface area contributed by atoms with E-state index in [0.717, 1.165) is 5.56 Å². The van der Waals surface area contributed by atoms with Gasteiger partial charge in [0.1, 0.15) is 0 Å². The van der Waals surface area contributed by atoms with Crippen molar-refractivity contribution in [2.75, 3.05) is 19.6 Å². The van der Waals surface area contributed by atoms with Crippen LogP contribution in [0.1, 0.15) is 56.0 Å². The van der Waals surface area contributed by atoms with Crippen LogP contribution in [0, 0.1) is 0 Å². The summed E-state index contributed by atoms with van der Waals surface area (Å²) in [6.45, 7) is 7.60. The Kier molecular flexibility index (Phi) is 7.92. The van der Waals surface area contributed by atoms with Crippen molar-refractivity contribution in [1.82, 2.24) is 14.9 Å². The average molecular weight is 472 g/mol. The standard InChI is InChI=1S/C25H33N3O4S/c1-25(2,3)20-11-9-19(10-12-20)24(30)26-16-13-23(29)28-17-14-21(15-18-28)27-33(31,32)22-7-5-4-6-8-22/h4-12,21,27H,13-18H2,1-3H3,(H,26,30). The van der Waals surface area contributed by atoms with Gasteiger partial charge < -0.3 is 10.2 Å². The molecule has 8 heteroatoms. The first-order chi connectivity index (χ1) is 15.6. The van der Waals surface area contributed by atoms with Crippen molar-refractivity contribution in [2.45, 2.75) is 56.4 Å². The number of carbonyl (C=O) groups is 2. The van der Waals surface area contributed by atoms with Crippen molar-refractivity contribution < 1.29 is 18.0 Å². The van der Waals surface area contributed by atoms with Gasteiger partial charge in [0.15, 0.2) is 0 Å². The lowest BCUT2D eigenvalue weighted by molar-refractivity contribution is -0.132. The van der Waals surface area contributed by atoms with E-state index in [4.69, 9.17) is 0 Å². The fraction of sp³-hybridized carbons (Fsp3) is 0.440. The van der Waals surface area contributed by atoms with Gasteiger partial charge in [-0.2, -0.15) is 0 Å². The lowest BCUT2D eigenvalue weighted by atomic mass is 9.87. The Morgan fingerprint density at radius 3 is 2.15 bits per heavy atom. The molecule has 33 heavy (non-hydrogen) atoms. The summed E-state index contributed by atoms with van der Waals surface area (Å²) in [6, 6.07) is 15.6. The Hall–Kier alpha value is -2.71. The second kappa shape index (κ2) is 10.5. The molecule has 1 saturated heterocycles. The van der Waals surface area contributed by atoms with E-state index < -0.39 is 10.0 Å². The summed E-state index contributed by atoms with van der Waals surface area (Å²) in [6.07, 6.45) is 1.33. The normalized spacial score (nSPS) is 15.3. The zero-order valence-electron chi connectivity index (χ0n) is 19.5. The molecule has 2 amide bonds. The quantitative estimate of drug-likeness (QED) is 0.649. The molecule has 0 radical (unpaired) electrons. The fourth-order valence-corrected chi connectivity index (χ4v) is 5.12. The van der Waals surface area contributed by atoms with E-state index in [1.165, 1.54) is 0 Å². The number of benzene rings is 2. The molecule has 1 heterocycles. The van der Waals surface area contributed by atoms with Crippen molar-refractivity contribution in [3.05, 3.63) is 65.7 Å². The highest BCUT2D eigenvalue weighted by Gasteiger charge is 2.26. The topological polar surface area (TPSA) is 95.6 Å². The van der Waals surface area contributed by atoms with Gasteiger partial charge in [-0.25, -0.2) is 13.1 Å².